The first-order chi connectivity index (χ1) is 3.00. The van der Waals surface area contributed by atoms with Crippen molar-refractivity contribution in [3.63, 3.8) is 0 Å². The van der Waals surface area contributed by atoms with Crippen LogP contribution in [0.3, 0.4) is 0 Å². The molecule has 6 heavy (non-hydrogen) atoms. The van der Waals surface area contributed by atoms with E-state index in [0.717, 1.165) is 0 Å². The Morgan fingerprint density at radius 2 is 2.33 bits per heavy atom. The van der Waals surface area contributed by atoms with Gasteiger partial charge in [-0.2, -0.15) is 0 Å². The Morgan fingerprint density at radius 1 is 1.33 bits per heavy atom. The lowest BCUT2D eigenvalue weighted by molar-refractivity contribution is -0.395. The number of hydrogen-bond donors (Lipinski definition) is 0. The molecule has 1 aliphatic rings. The van der Waals surface area contributed by atoms with Gasteiger partial charge in [0.05, 0.1) is 0 Å². The summed E-state index contributed by atoms with van der Waals surface area (Å²) in [6, 6.07) is 0. The average Bonchev–Trinajstić information content (AvgIpc) is 1.72. The first kappa shape index (κ1) is 3.34. The summed E-state index contributed by atoms with van der Waals surface area (Å²) >= 11 is 0. The van der Waals surface area contributed by atoms with Crippen LogP contribution in [0, 0.1) is 13.0 Å². The predicted octanol–water partition coefficient (Wildman–Crippen LogP) is 0.657. The number of carbonyl (C=O) groups excluding carboxylic acids is 1. The molecule has 0 saturated heterocycles. The molecular formula is C5H5O-. The van der Waals surface area contributed by atoms with Gasteiger partial charge in [-0.15, -0.1) is 0 Å². The third kappa shape index (κ3) is 0.549. The molecule has 0 amide bonds. The molecular weight excluding hydrogens is 76.1 g/mol. The van der Waals surface area contributed by atoms with E-state index in [4.69, 9.17) is 0 Å². The van der Waals surface area contributed by atoms with Crippen molar-refractivity contribution in [2.75, 3.05) is 0 Å². The summed E-state index contributed by atoms with van der Waals surface area (Å²) in [7, 11) is 0. The highest BCUT2D eigenvalue weighted by atomic mass is 16.4. The van der Waals surface area contributed by atoms with Crippen molar-refractivity contribution in [2.24, 2.45) is 0 Å². The lowest BCUT2D eigenvalue weighted by Crippen LogP contribution is -1.82. The maximum absolute atomic E-state index is 4.68. The van der Waals surface area contributed by atoms with Crippen LogP contribution >= 0.6 is 0 Å². The van der Waals surface area contributed by atoms with E-state index < -0.39 is 0 Å². The Morgan fingerprint density at radius 3 is 2.50 bits per heavy atom. The van der Waals surface area contributed by atoms with Crippen molar-refractivity contribution in [1.82, 2.24) is 0 Å². The van der Waals surface area contributed by atoms with Gasteiger partial charge < -0.3 is 10.5 Å². The van der Waals surface area contributed by atoms with E-state index in [2.05, 4.69) is 4.42 Å². The zero-order valence-corrected chi connectivity index (χ0v) is 3.29. The normalized spacial score (nSPS) is 16.0. The van der Waals surface area contributed by atoms with Crippen LogP contribution in [0.2, 0.25) is 0 Å². The molecule has 0 aromatic rings. The van der Waals surface area contributed by atoms with Gasteiger partial charge in [-0.3, -0.25) is 0 Å². The second-order valence-corrected chi connectivity index (χ2v) is 0.986. The van der Waals surface area contributed by atoms with E-state index in [-0.39, 0.29) is 0 Å². The van der Waals surface area contributed by atoms with Crippen LogP contribution in [0.25, 0.3) is 0 Å². The minimum Gasteiger partial charge on any atom is -0.378 e. The summed E-state index contributed by atoms with van der Waals surface area (Å²) < 4.78 is 4.68. The molecule has 0 aromatic heterocycles. The van der Waals surface area contributed by atoms with Crippen LogP contribution in [0.5, 0.6) is 0 Å². The summed E-state index contributed by atoms with van der Waals surface area (Å²) in [6.45, 7) is 1.62. The molecule has 0 aromatic carbocycles. The SMILES string of the molecule is C1=C[CH-][O+]=C[CH-]1. The maximum Gasteiger partial charge on any atom is 0.127 e. The molecule has 1 rings (SSSR count). The van der Waals surface area contributed by atoms with Crippen LogP contribution in [-0.4, -0.2) is 6.29 Å². The summed E-state index contributed by atoms with van der Waals surface area (Å²) in [5, 5.41) is 0. The zero-order valence-electron chi connectivity index (χ0n) is 3.29. The molecule has 32 valence electrons. The van der Waals surface area contributed by atoms with Gasteiger partial charge in [0, 0.05) is 0 Å². The van der Waals surface area contributed by atoms with Crippen LogP contribution in [-0.2, 0) is 4.42 Å². The maximum atomic E-state index is 4.68. The van der Waals surface area contributed by atoms with E-state index in [1.807, 2.05) is 18.6 Å². The third-order valence-corrected chi connectivity index (χ3v) is 0.536. The van der Waals surface area contributed by atoms with E-state index in [0.29, 0.717) is 0 Å². The molecule has 0 N–H and O–H groups in total. The van der Waals surface area contributed by atoms with Crippen LogP contribution in [0.1, 0.15) is 0 Å². The zero-order chi connectivity index (χ0) is 4.24. The molecule has 0 atom stereocenters. The molecule has 0 radical (unpaired) electrons. The molecule has 0 unspecified atom stereocenters. The van der Waals surface area contributed by atoms with Crippen LogP contribution < -0.4 is 0 Å². The van der Waals surface area contributed by atoms with Crippen molar-refractivity contribution >= 4 is 6.29 Å². The Balaban J connectivity index is 2.40. The van der Waals surface area contributed by atoms with Crippen molar-refractivity contribution in [2.45, 2.75) is 0 Å². The second kappa shape index (κ2) is 1.55. The lowest BCUT2D eigenvalue weighted by Gasteiger charge is -1.97. The molecule has 0 fully saturated rings. The molecule has 1 nitrogen and oxygen atoms in total. The quantitative estimate of drug-likeness (QED) is 0.230. The smallest absolute Gasteiger partial charge is 0.127 e. The van der Waals surface area contributed by atoms with Gasteiger partial charge in [0.2, 0.25) is 0 Å². The first-order valence-corrected chi connectivity index (χ1v) is 1.80. The fourth-order valence-electron chi connectivity index (χ4n) is 0.291. The molecule has 0 saturated carbocycles. The summed E-state index contributed by atoms with van der Waals surface area (Å²) in [5.41, 5.74) is 0. The van der Waals surface area contributed by atoms with Crippen molar-refractivity contribution in [3.8, 4) is 0 Å². The Bertz CT molecular complexity index is 61.9. The number of aldehydes is 1. The average molecular weight is 81.1 g/mol. The highest BCUT2D eigenvalue weighted by Gasteiger charge is 1.69. The molecule has 0 bridgehead atoms. The van der Waals surface area contributed by atoms with Gasteiger partial charge in [-0.1, -0.05) is 0 Å². The lowest BCUT2D eigenvalue weighted by atomic mass is 10.4. The number of rotatable bonds is 0. The van der Waals surface area contributed by atoms with Gasteiger partial charge in [-0.05, 0) is 0 Å². The Hall–Kier alpha value is -0.850. The van der Waals surface area contributed by atoms with E-state index in [1.54, 1.807) is 12.9 Å². The van der Waals surface area contributed by atoms with Gasteiger partial charge in [0.15, 0.2) is 0 Å². The monoisotopic (exact) mass is 81.0 g/mol. The minimum atomic E-state index is 1.62. The predicted molar refractivity (Wildman–Crippen MR) is 23.8 cm³/mol. The largest absolute Gasteiger partial charge is 0.378 e. The van der Waals surface area contributed by atoms with Gasteiger partial charge in [-0.25, -0.2) is 12.5 Å². The summed E-state index contributed by atoms with van der Waals surface area (Å²) in [5.74, 6) is 0. The van der Waals surface area contributed by atoms with Crippen LogP contribution in [0.4, 0.5) is 0 Å². The van der Waals surface area contributed by atoms with E-state index in [1.165, 1.54) is 0 Å². The van der Waals surface area contributed by atoms with Gasteiger partial charge in [0.25, 0.3) is 0 Å². The summed E-state index contributed by atoms with van der Waals surface area (Å²) in [6.07, 6.45) is 7.20. The topological polar surface area (TPSA) is 11.3 Å². The highest BCUT2D eigenvalue weighted by Crippen LogP contribution is 1.85. The minimum absolute atomic E-state index is 1.62. The van der Waals surface area contributed by atoms with Gasteiger partial charge >= 0.3 is 0 Å². The molecule has 1 aliphatic heterocycles. The van der Waals surface area contributed by atoms with Crippen molar-refractivity contribution in [1.29, 1.82) is 0 Å². The first-order valence-electron chi connectivity index (χ1n) is 1.80. The van der Waals surface area contributed by atoms with Crippen molar-refractivity contribution < 1.29 is 4.42 Å². The van der Waals surface area contributed by atoms with E-state index >= 15 is 0 Å². The molecule has 1 heterocycles. The molecule has 1 heteroatoms. The fourth-order valence-corrected chi connectivity index (χ4v) is 0.291. The standard InChI is InChI=1S/C5H5O/c1-2-4-6-5-3-1/h1-5H/q-1. The van der Waals surface area contributed by atoms with E-state index in [9.17, 15) is 0 Å². The highest BCUT2D eigenvalue weighted by molar-refractivity contribution is 5.65. The number of allylic oxidation sites excluding steroid dienone is 1. The Kier molecular flexibility index (Phi) is 0.865. The number of hydrogen-bond acceptors (Lipinski definition) is 0. The van der Waals surface area contributed by atoms with Crippen LogP contribution in [0.15, 0.2) is 12.2 Å². The summed E-state index contributed by atoms with van der Waals surface area (Å²) in [4.78, 5) is 0. The molecule has 0 spiro atoms. The molecule has 0 aliphatic carbocycles. The van der Waals surface area contributed by atoms with Gasteiger partial charge in [0.1, 0.15) is 12.9 Å². The third-order valence-electron chi connectivity index (χ3n) is 0.536. The Labute approximate surface area is 37.0 Å². The van der Waals surface area contributed by atoms with Crippen molar-refractivity contribution in [3.05, 3.63) is 25.2 Å². The second-order valence-electron chi connectivity index (χ2n) is 0.986. The fraction of sp³-hybridized carbons (Fsp3) is 0.